The van der Waals surface area contributed by atoms with E-state index < -0.39 is 0 Å². The van der Waals surface area contributed by atoms with Crippen LogP contribution in [0.4, 0.5) is 4.79 Å². The molecule has 3 atom stereocenters. The van der Waals surface area contributed by atoms with Crippen molar-refractivity contribution in [3.05, 3.63) is 35.9 Å². The van der Waals surface area contributed by atoms with E-state index in [-0.39, 0.29) is 12.2 Å². The topological polar surface area (TPSA) is 49.8 Å². The highest BCUT2D eigenvalue weighted by Gasteiger charge is 2.41. The molecule has 1 amide bonds. The zero-order valence-corrected chi connectivity index (χ0v) is 11.6. The van der Waals surface area contributed by atoms with Crippen molar-refractivity contribution in [3.8, 4) is 0 Å². The van der Waals surface area contributed by atoms with Crippen molar-refractivity contribution < 1.29 is 14.6 Å². The van der Waals surface area contributed by atoms with Gasteiger partial charge in [0, 0.05) is 13.1 Å². The molecule has 0 aromatic heterocycles. The van der Waals surface area contributed by atoms with Gasteiger partial charge in [0.1, 0.15) is 6.61 Å². The van der Waals surface area contributed by atoms with Gasteiger partial charge in [-0.1, -0.05) is 30.3 Å². The number of benzene rings is 1. The number of aliphatic hydroxyl groups is 1. The van der Waals surface area contributed by atoms with Gasteiger partial charge in [-0.3, -0.25) is 0 Å². The molecule has 1 aliphatic heterocycles. The molecule has 4 heteroatoms. The third-order valence-corrected chi connectivity index (χ3v) is 4.61. The molecule has 3 rings (SSSR count). The third-order valence-electron chi connectivity index (χ3n) is 4.61. The minimum absolute atomic E-state index is 0.153. The summed E-state index contributed by atoms with van der Waals surface area (Å²) in [6.07, 6.45) is 2.40. The molecule has 1 aromatic carbocycles. The molecule has 0 spiro atoms. The average molecular weight is 275 g/mol. The van der Waals surface area contributed by atoms with Gasteiger partial charge in [-0.2, -0.15) is 0 Å². The molecule has 1 heterocycles. The predicted molar refractivity (Wildman–Crippen MR) is 75.0 cm³/mol. The summed E-state index contributed by atoms with van der Waals surface area (Å²) in [5.41, 5.74) is 1.01. The smallest absolute Gasteiger partial charge is 0.410 e. The second kappa shape index (κ2) is 5.83. The molecule has 1 aliphatic carbocycles. The van der Waals surface area contributed by atoms with Crippen molar-refractivity contribution >= 4 is 6.09 Å². The summed E-state index contributed by atoms with van der Waals surface area (Å²) in [5, 5.41) is 9.71. The van der Waals surface area contributed by atoms with Gasteiger partial charge in [-0.15, -0.1) is 0 Å². The van der Waals surface area contributed by atoms with Gasteiger partial charge >= 0.3 is 6.09 Å². The molecule has 1 saturated heterocycles. The SMILES string of the molecule is O=C(OCc1ccccc1)N1CCC2CC(O)C2CC1. The largest absolute Gasteiger partial charge is 0.445 e. The second-order valence-corrected chi connectivity index (χ2v) is 5.83. The predicted octanol–water partition coefficient (Wildman–Crippen LogP) is 2.42. The zero-order chi connectivity index (χ0) is 13.9. The number of amides is 1. The highest BCUT2D eigenvalue weighted by atomic mass is 16.6. The van der Waals surface area contributed by atoms with Crippen LogP contribution in [0.5, 0.6) is 0 Å². The lowest BCUT2D eigenvalue weighted by Gasteiger charge is -2.40. The van der Waals surface area contributed by atoms with E-state index in [1.54, 1.807) is 4.90 Å². The molecule has 20 heavy (non-hydrogen) atoms. The van der Waals surface area contributed by atoms with E-state index in [0.717, 1.165) is 31.4 Å². The molecule has 1 N–H and O–H groups in total. The van der Waals surface area contributed by atoms with Crippen LogP contribution in [-0.2, 0) is 11.3 Å². The van der Waals surface area contributed by atoms with Gasteiger partial charge in [0.05, 0.1) is 6.10 Å². The van der Waals surface area contributed by atoms with E-state index in [1.165, 1.54) is 0 Å². The third kappa shape index (κ3) is 2.80. The van der Waals surface area contributed by atoms with Gasteiger partial charge in [-0.05, 0) is 36.7 Å². The lowest BCUT2D eigenvalue weighted by molar-refractivity contribution is -0.0342. The number of hydrogen-bond acceptors (Lipinski definition) is 3. The number of ether oxygens (including phenoxy) is 1. The van der Waals surface area contributed by atoms with Crippen molar-refractivity contribution in [3.63, 3.8) is 0 Å². The fourth-order valence-electron chi connectivity index (χ4n) is 3.27. The number of carbonyl (C=O) groups is 1. The van der Waals surface area contributed by atoms with Crippen molar-refractivity contribution in [2.45, 2.75) is 32.0 Å². The zero-order valence-electron chi connectivity index (χ0n) is 11.6. The van der Waals surface area contributed by atoms with E-state index >= 15 is 0 Å². The molecule has 1 aromatic rings. The molecule has 3 unspecified atom stereocenters. The van der Waals surface area contributed by atoms with Crippen molar-refractivity contribution in [1.29, 1.82) is 0 Å². The Hall–Kier alpha value is -1.55. The summed E-state index contributed by atoms with van der Waals surface area (Å²) < 4.78 is 5.37. The fourth-order valence-corrected chi connectivity index (χ4v) is 3.27. The van der Waals surface area contributed by atoms with Crippen LogP contribution < -0.4 is 0 Å². The molecule has 0 radical (unpaired) electrons. The lowest BCUT2D eigenvalue weighted by Crippen LogP contribution is -2.40. The van der Waals surface area contributed by atoms with Crippen LogP contribution in [0.25, 0.3) is 0 Å². The molecule has 2 fully saturated rings. The van der Waals surface area contributed by atoms with E-state index in [1.807, 2.05) is 30.3 Å². The molecule has 2 aliphatic rings. The van der Waals surface area contributed by atoms with Crippen LogP contribution in [0.1, 0.15) is 24.8 Å². The Kier molecular flexibility index (Phi) is 3.92. The van der Waals surface area contributed by atoms with Crippen molar-refractivity contribution in [2.75, 3.05) is 13.1 Å². The van der Waals surface area contributed by atoms with Crippen LogP contribution in [0.15, 0.2) is 30.3 Å². The summed E-state index contributed by atoms with van der Waals surface area (Å²) in [7, 11) is 0. The highest BCUT2D eigenvalue weighted by Crippen LogP contribution is 2.41. The first-order chi connectivity index (χ1) is 9.74. The quantitative estimate of drug-likeness (QED) is 0.901. The number of carbonyl (C=O) groups excluding carboxylic acids is 1. The Morgan fingerprint density at radius 2 is 2.00 bits per heavy atom. The number of aliphatic hydroxyl groups excluding tert-OH is 1. The van der Waals surface area contributed by atoms with Gasteiger partial charge in [0.2, 0.25) is 0 Å². The minimum Gasteiger partial charge on any atom is -0.445 e. The molecule has 0 bridgehead atoms. The maximum Gasteiger partial charge on any atom is 0.410 e. The number of rotatable bonds is 2. The Morgan fingerprint density at radius 3 is 2.75 bits per heavy atom. The minimum atomic E-state index is -0.232. The van der Waals surface area contributed by atoms with Crippen LogP contribution >= 0.6 is 0 Å². The Bertz CT molecular complexity index is 462. The number of fused-ring (bicyclic) bond motifs is 1. The van der Waals surface area contributed by atoms with Gasteiger partial charge in [0.15, 0.2) is 0 Å². The first-order valence-corrected chi connectivity index (χ1v) is 7.38. The maximum atomic E-state index is 12.1. The summed E-state index contributed by atoms with van der Waals surface area (Å²) in [5.74, 6) is 0.985. The molecule has 4 nitrogen and oxygen atoms in total. The number of likely N-dealkylation sites (tertiary alicyclic amines) is 1. The Labute approximate surface area is 119 Å². The average Bonchev–Trinajstić information content (AvgIpc) is 2.64. The summed E-state index contributed by atoms with van der Waals surface area (Å²) in [4.78, 5) is 13.9. The first-order valence-electron chi connectivity index (χ1n) is 7.38. The van der Waals surface area contributed by atoms with E-state index in [0.29, 0.717) is 25.0 Å². The molecule has 1 saturated carbocycles. The number of nitrogens with zero attached hydrogens (tertiary/aromatic N) is 1. The Balaban J connectivity index is 1.50. The standard InChI is InChI=1S/C16H21NO3/c18-15-10-13-6-8-17(9-7-14(13)15)16(19)20-11-12-4-2-1-3-5-12/h1-5,13-15,18H,6-11H2. The summed E-state index contributed by atoms with van der Waals surface area (Å²) in [6, 6.07) is 9.72. The van der Waals surface area contributed by atoms with Crippen molar-refractivity contribution in [1.82, 2.24) is 4.90 Å². The van der Waals surface area contributed by atoms with Crippen molar-refractivity contribution in [2.24, 2.45) is 11.8 Å². The van der Waals surface area contributed by atoms with E-state index in [2.05, 4.69) is 0 Å². The van der Waals surface area contributed by atoms with Gasteiger partial charge in [-0.25, -0.2) is 4.79 Å². The number of hydrogen-bond donors (Lipinski definition) is 1. The van der Waals surface area contributed by atoms with E-state index in [4.69, 9.17) is 4.74 Å². The Morgan fingerprint density at radius 1 is 1.25 bits per heavy atom. The summed E-state index contributed by atoms with van der Waals surface area (Å²) >= 11 is 0. The van der Waals surface area contributed by atoms with Crippen LogP contribution in [0.3, 0.4) is 0 Å². The van der Waals surface area contributed by atoms with Crippen LogP contribution in [0.2, 0.25) is 0 Å². The van der Waals surface area contributed by atoms with Gasteiger partial charge < -0.3 is 14.7 Å². The normalized spacial score (nSPS) is 29.1. The molecular formula is C16H21NO3. The molecular weight excluding hydrogens is 254 g/mol. The van der Waals surface area contributed by atoms with Gasteiger partial charge in [0.25, 0.3) is 0 Å². The van der Waals surface area contributed by atoms with E-state index in [9.17, 15) is 9.90 Å². The summed E-state index contributed by atoms with van der Waals surface area (Å²) in [6.45, 7) is 1.78. The second-order valence-electron chi connectivity index (χ2n) is 5.83. The fraction of sp³-hybridized carbons (Fsp3) is 0.562. The molecule has 108 valence electrons. The highest BCUT2D eigenvalue weighted by molar-refractivity contribution is 5.67. The monoisotopic (exact) mass is 275 g/mol. The lowest BCUT2D eigenvalue weighted by atomic mass is 9.68. The maximum absolute atomic E-state index is 12.1. The van der Waals surface area contributed by atoms with Crippen LogP contribution in [-0.4, -0.2) is 35.3 Å². The first kappa shape index (κ1) is 13.4. The van der Waals surface area contributed by atoms with Crippen LogP contribution in [0, 0.1) is 11.8 Å².